The fourth-order valence-electron chi connectivity index (χ4n) is 1.82. The first-order valence-corrected chi connectivity index (χ1v) is 8.07. The molecule has 0 aliphatic rings. The van der Waals surface area contributed by atoms with Crippen LogP contribution < -0.4 is 5.32 Å². The van der Waals surface area contributed by atoms with Crippen LogP contribution in [0.5, 0.6) is 0 Å². The van der Waals surface area contributed by atoms with Crippen LogP contribution >= 0.6 is 0 Å². The Kier molecular flexibility index (Phi) is 8.08. The highest BCUT2D eigenvalue weighted by atomic mass is 16.6. The number of ketones is 1. The second kappa shape index (κ2) is 8.82. The van der Waals surface area contributed by atoms with Crippen LogP contribution in [0, 0.1) is 5.92 Å². The van der Waals surface area contributed by atoms with Gasteiger partial charge in [-0.05, 0) is 48.5 Å². The van der Waals surface area contributed by atoms with Crippen LogP contribution in [0.3, 0.4) is 0 Å². The Morgan fingerprint density at radius 2 is 1.40 bits per heavy atom. The summed E-state index contributed by atoms with van der Waals surface area (Å²) in [6.45, 7) is 11.4. The van der Waals surface area contributed by atoms with E-state index in [2.05, 4.69) is 5.32 Å². The van der Waals surface area contributed by atoms with Gasteiger partial charge in [-0.1, -0.05) is 0 Å². The highest BCUT2D eigenvalue weighted by molar-refractivity contribution is 5.91. The van der Waals surface area contributed by atoms with Crippen LogP contribution in [-0.4, -0.2) is 46.2 Å². The Morgan fingerprint density at radius 3 is 1.80 bits per heavy atom. The van der Waals surface area contributed by atoms with Crippen LogP contribution in [0.1, 0.15) is 61.3 Å². The minimum atomic E-state index is -1.21. The number of carboxylic acids is 1. The molecule has 0 saturated carbocycles. The van der Waals surface area contributed by atoms with E-state index in [1.165, 1.54) is 6.92 Å². The number of carbonyl (C=O) groups is 4. The molecule has 0 spiro atoms. The molecule has 2 atom stereocenters. The van der Waals surface area contributed by atoms with Gasteiger partial charge in [0.25, 0.3) is 0 Å². The largest absolute Gasteiger partial charge is 0.481 e. The number of carbonyl (C=O) groups excluding carboxylic acids is 3. The molecule has 0 radical (unpaired) electrons. The third-order valence-corrected chi connectivity index (χ3v) is 2.82. The Bertz CT molecular complexity index is 514. The molecular formula is C17H29NO7. The van der Waals surface area contributed by atoms with Gasteiger partial charge in [0.1, 0.15) is 11.2 Å². The lowest BCUT2D eigenvalue weighted by Crippen LogP contribution is -2.43. The Balaban J connectivity index is 4.87. The van der Waals surface area contributed by atoms with E-state index in [0.29, 0.717) is 0 Å². The Hall–Kier alpha value is -2.12. The fourth-order valence-corrected chi connectivity index (χ4v) is 1.82. The van der Waals surface area contributed by atoms with Gasteiger partial charge in [0.2, 0.25) is 0 Å². The normalized spacial score (nSPS) is 14.2. The van der Waals surface area contributed by atoms with Crippen molar-refractivity contribution in [2.24, 2.45) is 5.92 Å². The minimum absolute atomic E-state index is 0.349. The zero-order valence-electron chi connectivity index (χ0n) is 16.0. The molecule has 0 bridgehead atoms. The van der Waals surface area contributed by atoms with Gasteiger partial charge in [-0.2, -0.15) is 0 Å². The first-order valence-electron chi connectivity index (χ1n) is 8.07. The molecule has 8 nitrogen and oxygen atoms in total. The number of Topliss-reactive ketones (excluding diaryl/α,β-unsaturated/α-hetero) is 1. The minimum Gasteiger partial charge on any atom is -0.481 e. The van der Waals surface area contributed by atoms with E-state index >= 15 is 0 Å². The molecule has 2 N–H and O–H groups in total. The number of aliphatic carboxylic acids is 1. The number of esters is 1. The molecule has 0 heterocycles. The highest BCUT2D eigenvalue weighted by Crippen LogP contribution is 2.18. The van der Waals surface area contributed by atoms with Crippen molar-refractivity contribution in [3.63, 3.8) is 0 Å². The van der Waals surface area contributed by atoms with Crippen molar-refractivity contribution in [3.8, 4) is 0 Å². The molecule has 0 aromatic heterocycles. The molecule has 1 unspecified atom stereocenters. The van der Waals surface area contributed by atoms with E-state index in [-0.39, 0.29) is 6.42 Å². The predicted octanol–water partition coefficient (Wildman–Crippen LogP) is 2.29. The monoisotopic (exact) mass is 359 g/mol. The van der Waals surface area contributed by atoms with Gasteiger partial charge >= 0.3 is 18.0 Å². The van der Waals surface area contributed by atoms with Gasteiger partial charge in [0.05, 0.1) is 18.4 Å². The van der Waals surface area contributed by atoms with Crippen molar-refractivity contribution in [1.82, 2.24) is 5.32 Å². The van der Waals surface area contributed by atoms with E-state index < -0.39 is 53.4 Å². The first kappa shape index (κ1) is 22.9. The number of amides is 1. The summed E-state index contributed by atoms with van der Waals surface area (Å²) in [7, 11) is 0. The van der Waals surface area contributed by atoms with Gasteiger partial charge < -0.3 is 19.9 Å². The van der Waals surface area contributed by atoms with Crippen molar-refractivity contribution in [2.45, 2.75) is 78.6 Å². The predicted molar refractivity (Wildman–Crippen MR) is 90.0 cm³/mol. The van der Waals surface area contributed by atoms with Crippen LogP contribution in [0.15, 0.2) is 0 Å². The maximum absolute atomic E-state index is 12.2. The molecule has 0 saturated heterocycles. The summed E-state index contributed by atoms with van der Waals surface area (Å²) in [6, 6.07) is -0.923. The maximum Gasteiger partial charge on any atom is 0.408 e. The van der Waals surface area contributed by atoms with Crippen molar-refractivity contribution in [1.29, 1.82) is 0 Å². The quantitative estimate of drug-likeness (QED) is 0.669. The van der Waals surface area contributed by atoms with Gasteiger partial charge in [0.15, 0.2) is 5.78 Å². The average Bonchev–Trinajstić information content (AvgIpc) is 2.32. The van der Waals surface area contributed by atoms with Crippen molar-refractivity contribution < 1.29 is 33.8 Å². The van der Waals surface area contributed by atoms with E-state index in [1.54, 1.807) is 41.5 Å². The number of nitrogens with one attached hydrogen (secondary N) is 1. The summed E-state index contributed by atoms with van der Waals surface area (Å²) < 4.78 is 10.2. The smallest absolute Gasteiger partial charge is 0.408 e. The molecule has 0 fully saturated rings. The Labute approximate surface area is 148 Å². The number of alkyl carbamates (subject to hydrolysis) is 1. The lowest BCUT2D eigenvalue weighted by atomic mass is 9.96. The summed E-state index contributed by atoms with van der Waals surface area (Å²) in [5.41, 5.74) is -1.51. The number of ether oxygens (including phenoxy) is 2. The van der Waals surface area contributed by atoms with Crippen LogP contribution in [0.2, 0.25) is 0 Å². The average molecular weight is 359 g/mol. The van der Waals surface area contributed by atoms with Gasteiger partial charge in [0, 0.05) is 6.42 Å². The number of hydrogen-bond donors (Lipinski definition) is 2. The first-order chi connectivity index (χ1) is 11.1. The zero-order chi connectivity index (χ0) is 20.0. The molecule has 25 heavy (non-hydrogen) atoms. The van der Waals surface area contributed by atoms with Gasteiger partial charge in [-0.3, -0.25) is 14.4 Å². The second-order valence-electron chi connectivity index (χ2n) is 7.87. The number of carboxylic acid groups (broad SMARTS) is 1. The van der Waals surface area contributed by atoms with Crippen molar-refractivity contribution in [3.05, 3.63) is 0 Å². The summed E-state index contributed by atoms with van der Waals surface area (Å²) in [6.07, 6.45) is -1.64. The van der Waals surface area contributed by atoms with E-state index in [1.807, 2.05) is 0 Å². The van der Waals surface area contributed by atoms with Crippen LogP contribution in [0.4, 0.5) is 4.79 Å². The van der Waals surface area contributed by atoms with Crippen LogP contribution in [0.25, 0.3) is 0 Å². The molecule has 144 valence electrons. The molecule has 1 amide bonds. The lowest BCUT2D eigenvalue weighted by Gasteiger charge is -2.24. The van der Waals surface area contributed by atoms with Gasteiger partial charge in [-0.15, -0.1) is 0 Å². The standard InChI is InChI=1S/C17H29NO7/c1-10(18-15(23)25-17(5,6)7)12(19)8-11(9-13(20)21)14(22)24-16(2,3)4/h10-11H,8-9H2,1-7H3,(H,18,23)(H,20,21)/t10?,11-/m0/s1. The number of rotatable bonds is 7. The summed E-state index contributed by atoms with van der Waals surface area (Å²) >= 11 is 0. The molecule has 8 heteroatoms. The summed E-state index contributed by atoms with van der Waals surface area (Å²) in [5.74, 6) is -3.57. The van der Waals surface area contributed by atoms with Crippen LogP contribution in [-0.2, 0) is 23.9 Å². The van der Waals surface area contributed by atoms with Gasteiger partial charge in [-0.25, -0.2) is 4.79 Å². The SMILES string of the molecule is CC(NC(=O)OC(C)(C)C)C(=O)C[C@@H](CC(=O)O)C(=O)OC(C)(C)C. The second-order valence-corrected chi connectivity index (χ2v) is 7.87. The zero-order valence-corrected chi connectivity index (χ0v) is 16.0. The summed E-state index contributed by atoms with van der Waals surface area (Å²) in [5, 5.41) is 11.3. The highest BCUT2D eigenvalue weighted by Gasteiger charge is 2.31. The van der Waals surface area contributed by atoms with E-state index in [0.717, 1.165) is 0 Å². The Morgan fingerprint density at radius 1 is 0.920 bits per heavy atom. The molecule has 0 aromatic carbocycles. The third kappa shape index (κ3) is 11.1. The maximum atomic E-state index is 12.2. The molecule has 0 aromatic rings. The van der Waals surface area contributed by atoms with Crippen molar-refractivity contribution in [2.75, 3.05) is 0 Å². The molecule has 0 aliphatic heterocycles. The topological polar surface area (TPSA) is 119 Å². The lowest BCUT2D eigenvalue weighted by molar-refractivity contribution is -0.164. The molecule has 0 aliphatic carbocycles. The number of hydrogen-bond acceptors (Lipinski definition) is 6. The fraction of sp³-hybridized carbons (Fsp3) is 0.765. The van der Waals surface area contributed by atoms with E-state index in [4.69, 9.17) is 14.6 Å². The summed E-state index contributed by atoms with van der Waals surface area (Å²) in [4.78, 5) is 47.0. The molecule has 0 rings (SSSR count). The van der Waals surface area contributed by atoms with Crippen molar-refractivity contribution >= 4 is 23.8 Å². The van der Waals surface area contributed by atoms with E-state index in [9.17, 15) is 19.2 Å². The third-order valence-electron chi connectivity index (χ3n) is 2.82. The molecular weight excluding hydrogens is 330 g/mol.